The molecule has 0 aliphatic carbocycles. The number of aromatic amines is 1. The number of carbonyl (C=O) groups is 1. The Hall–Kier alpha value is -3.97. The molecule has 1 unspecified atom stereocenters. The maximum atomic E-state index is 13.9. The molecule has 5 rings (SSSR count). The number of nitrogens with one attached hydrogen (secondary N) is 1. The minimum atomic E-state index is -0.487. The van der Waals surface area contributed by atoms with E-state index in [1.54, 1.807) is 19.2 Å². The van der Waals surface area contributed by atoms with Gasteiger partial charge in [0, 0.05) is 22.7 Å². The van der Waals surface area contributed by atoms with Crippen LogP contribution in [0.1, 0.15) is 77.0 Å². The van der Waals surface area contributed by atoms with E-state index >= 15 is 0 Å². The molecule has 0 fully saturated rings. The van der Waals surface area contributed by atoms with Crippen molar-refractivity contribution in [3.05, 3.63) is 93.1 Å². The van der Waals surface area contributed by atoms with Gasteiger partial charge >= 0.3 is 0 Å². The first-order valence-electron chi connectivity index (χ1n) is 14.1. The van der Waals surface area contributed by atoms with Crippen LogP contribution in [0.2, 0.25) is 5.02 Å². The highest BCUT2D eigenvalue weighted by Crippen LogP contribution is 2.47. The number of hydrogen-bond donors (Lipinski definition) is 2. The van der Waals surface area contributed by atoms with E-state index in [0.717, 1.165) is 35.1 Å². The van der Waals surface area contributed by atoms with E-state index in [1.165, 1.54) is 12.8 Å². The maximum Gasteiger partial charge on any atom is 0.273 e. The predicted octanol–water partition coefficient (Wildman–Crippen LogP) is 7.77. The minimum absolute atomic E-state index is 0.0498. The number of halogens is 1. The SMILES string of the molecule is CCCCCCOc1ccc(C2c3c(-c4cc(Cl)c(C)cc4O)n[nH]c3C(=O)N2Cc2ccc(C)cc2)cc1OC. The number of carbonyl (C=O) groups excluding carboxylic acids is 1. The Morgan fingerprint density at radius 1 is 1.02 bits per heavy atom. The van der Waals surface area contributed by atoms with Crippen LogP contribution in [-0.4, -0.2) is 39.8 Å². The molecule has 0 bridgehead atoms. The highest BCUT2D eigenvalue weighted by Gasteiger charge is 2.43. The third-order valence-electron chi connectivity index (χ3n) is 7.63. The fourth-order valence-electron chi connectivity index (χ4n) is 5.34. The van der Waals surface area contributed by atoms with E-state index in [0.29, 0.717) is 52.2 Å². The van der Waals surface area contributed by atoms with Gasteiger partial charge in [-0.05, 0) is 61.2 Å². The second-order valence-electron chi connectivity index (χ2n) is 10.6. The number of ether oxygens (including phenoxy) is 2. The maximum absolute atomic E-state index is 13.9. The molecule has 0 saturated carbocycles. The van der Waals surface area contributed by atoms with Crippen molar-refractivity contribution < 1.29 is 19.4 Å². The topological polar surface area (TPSA) is 87.7 Å². The van der Waals surface area contributed by atoms with Gasteiger partial charge in [-0.2, -0.15) is 5.10 Å². The number of aromatic hydroxyl groups is 1. The summed E-state index contributed by atoms with van der Waals surface area (Å²) in [7, 11) is 1.62. The minimum Gasteiger partial charge on any atom is -0.507 e. The van der Waals surface area contributed by atoms with Crippen LogP contribution in [0.5, 0.6) is 17.2 Å². The molecule has 2 N–H and O–H groups in total. The number of H-pyrrole nitrogens is 1. The summed E-state index contributed by atoms with van der Waals surface area (Å²) in [4.78, 5) is 15.7. The van der Waals surface area contributed by atoms with Gasteiger partial charge in [-0.3, -0.25) is 9.89 Å². The Bertz CT molecular complexity index is 1550. The lowest BCUT2D eigenvalue weighted by Gasteiger charge is -2.27. The molecule has 2 heterocycles. The summed E-state index contributed by atoms with van der Waals surface area (Å²) < 4.78 is 11.8. The average Bonchev–Trinajstić information content (AvgIpc) is 3.50. The number of rotatable bonds is 11. The van der Waals surface area contributed by atoms with E-state index in [-0.39, 0.29) is 11.7 Å². The highest BCUT2D eigenvalue weighted by molar-refractivity contribution is 6.31. The lowest BCUT2D eigenvalue weighted by atomic mass is 9.94. The normalized spacial score (nSPS) is 14.4. The number of benzene rings is 3. The van der Waals surface area contributed by atoms with Crippen LogP contribution in [0.15, 0.2) is 54.6 Å². The Morgan fingerprint density at radius 3 is 2.54 bits per heavy atom. The largest absolute Gasteiger partial charge is 0.507 e. The van der Waals surface area contributed by atoms with Gasteiger partial charge in [0.15, 0.2) is 11.5 Å². The lowest BCUT2D eigenvalue weighted by Crippen LogP contribution is -2.29. The number of amides is 1. The van der Waals surface area contributed by atoms with Crippen molar-refractivity contribution in [2.45, 2.75) is 59.0 Å². The Morgan fingerprint density at radius 2 is 1.80 bits per heavy atom. The van der Waals surface area contributed by atoms with Gasteiger partial charge < -0.3 is 19.5 Å². The summed E-state index contributed by atoms with van der Waals surface area (Å²) in [6, 6.07) is 16.8. The molecule has 1 atom stereocenters. The molecule has 41 heavy (non-hydrogen) atoms. The van der Waals surface area contributed by atoms with Crippen molar-refractivity contribution >= 4 is 17.5 Å². The van der Waals surface area contributed by atoms with Gasteiger partial charge in [-0.25, -0.2) is 0 Å². The average molecular weight is 574 g/mol. The molecule has 1 aliphatic rings. The van der Waals surface area contributed by atoms with Gasteiger partial charge in [-0.15, -0.1) is 0 Å². The van der Waals surface area contributed by atoms with Crippen LogP contribution < -0.4 is 9.47 Å². The first-order valence-corrected chi connectivity index (χ1v) is 14.4. The fourth-order valence-corrected chi connectivity index (χ4v) is 5.51. The molecular formula is C33H36ClN3O4. The molecule has 1 aliphatic heterocycles. The Labute approximate surface area is 246 Å². The van der Waals surface area contributed by atoms with E-state index in [2.05, 4.69) is 17.1 Å². The molecule has 4 aromatic rings. The van der Waals surface area contributed by atoms with Crippen molar-refractivity contribution in [1.29, 1.82) is 0 Å². The standard InChI is InChI=1S/C33H36ClN3O4/c1-5-6-7-8-15-41-27-14-13-23(17-28(27)40-4)32-29-30(24-18-25(34)21(3)16-26(24)38)35-36-31(29)33(39)37(32)19-22-11-9-20(2)10-12-22/h9-14,16-18,32,38H,5-8,15,19H2,1-4H3,(H,35,36). The number of hydrogen-bond acceptors (Lipinski definition) is 5. The van der Waals surface area contributed by atoms with Crippen molar-refractivity contribution in [3.8, 4) is 28.5 Å². The number of nitrogens with zero attached hydrogens (tertiary/aromatic N) is 2. The zero-order valence-corrected chi connectivity index (χ0v) is 24.7. The second-order valence-corrected chi connectivity index (χ2v) is 11.0. The van der Waals surface area contributed by atoms with Crippen LogP contribution in [0.25, 0.3) is 11.3 Å². The van der Waals surface area contributed by atoms with Crippen LogP contribution in [0.4, 0.5) is 0 Å². The highest BCUT2D eigenvalue weighted by atomic mass is 35.5. The van der Waals surface area contributed by atoms with Crippen LogP contribution >= 0.6 is 11.6 Å². The third kappa shape index (κ3) is 5.77. The van der Waals surface area contributed by atoms with Gasteiger partial charge in [-0.1, -0.05) is 73.7 Å². The van der Waals surface area contributed by atoms with Gasteiger partial charge in [0.2, 0.25) is 0 Å². The quantitative estimate of drug-likeness (QED) is 0.179. The molecule has 3 aromatic carbocycles. The predicted molar refractivity (Wildman–Crippen MR) is 161 cm³/mol. The molecule has 0 saturated heterocycles. The zero-order valence-electron chi connectivity index (χ0n) is 24.0. The number of unbranched alkanes of at least 4 members (excludes halogenated alkanes) is 3. The second kappa shape index (κ2) is 12.3. The summed E-state index contributed by atoms with van der Waals surface area (Å²) in [6.45, 7) is 7.06. The van der Waals surface area contributed by atoms with E-state index in [9.17, 15) is 9.90 Å². The molecule has 1 aromatic heterocycles. The van der Waals surface area contributed by atoms with Crippen molar-refractivity contribution in [2.75, 3.05) is 13.7 Å². The number of fused-ring (bicyclic) bond motifs is 1. The smallest absolute Gasteiger partial charge is 0.273 e. The van der Waals surface area contributed by atoms with E-state index in [4.69, 9.17) is 21.1 Å². The number of phenols is 1. The van der Waals surface area contributed by atoms with Crippen molar-refractivity contribution in [2.24, 2.45) is 0 Å². The first-order chi connectivity index (χ1) is 19.8. The van der Waals surface area contributed by atoms with Crippen LogP contribution in [0.3, 0.4) is 0 Å². The first kappa shape index (κ1) is 28.6. The van der Waals surface area contributed by atoms with Gasteiger partial charge in [0.1, 0.15) is 17.1 Å². The molecule has 0 radical (unpaired) electrons. The monoisotopic (exact) mass is 573 g/mol. The third-order valence-corrected chi connectivity index (χ3v) is 8.04. The van der Waals surface area contributed by atoms with E-state index in [1.807, 2.05) is 61.2 Å². The molecular weight excluding hydrogens is 538 g/mol. The number of methoxy groups -OCH3 is 1. The van der Waals surface area contributed by atoms with Crippen molar-refractivity contribution in [1.82, 2.24) is 15.1 Å². The Kier molecular flexibility index (Phi) is 8.54. The summed E-state index contributed by atoms with van der Waals surface area (Å²) in [5.74, 6) is 1.14. The number of aryl methyl sites for hydroxylation is 2. The van der Waals surface area contributed by atoms with Crippen LogP contribution in [0, 0.1) is 13.8 Å². The lowest BCUT2D eigenvalue weighted by molar-refractivity contribution is 0.0730. The van der Waals surface area contributed by atoms with Crippen molar-refractivity contribution in [3.63, 3.8) is 0 Å². The van der Waals surface area contributed by atoms with E-state index < -0.39 is 6.04 Å². The molecule has 214 valence electrons. The molecule has 0 spiro atoms. The Balaban J connectivity index is 1.57. The molecule has 8 heteroatoms. The summed E-state index contributed by atoms with van der Waals surface area (Å²) in [5.41, 5.74) is 5.79. The summed E-state index contributed by atoms with van der Waals surface area (Å²) >= 11 is 6.45. The number of aromatic nitrogens is 2. The fraction of sp³-hybridized carbons (Fsp3) is 0.333. The summed E-state index contributed by atoms with van der Waals surface area (Å²) in [5, 5.41) is 18.8. The van der Waals surface area contributed by atoms with Crippen LogP contribution in [-0.2, 0) is 6.54 Å². The molecule has 7 nitrogen and oxygen atoms in total. The van der Waals surface area contributed by atoms with Gasteiger partial charge in [0.05, 0.1) is 19.8 Å². The molecule has 1 amide bonds. The zero-order chi connectivity index (χ0) is 29.1. The summed E-state index contributed by atoms with van der Waals surface area (Å²) in [6.07, 6.45) is 4.45. The van der Waals surface area contributed by atoms with Gasteiger partial charge in [0.25, 0.3) is 5.91 Å². The number of phenolic OH excluding ortho intramolecular Hbond substituents is 1.